The van der Waals surface area contributed by atoms with Gasteiger partial charge in [-0.1, -0.05) is 18.5 Å². The molecule has 0 bridgehead atoms. The summed E-state index contributed by atoms with van der Waals surface area (Å²) >= 11 is 5.67. The fraction of sp³-hybridized carbons (Fsp3) is 0.364. The van der Waals surface area contributed by atoms with Gasteiger partial charge in [0.25, 0.3) is 5.69 Å². The van der Waals surface area contributed by atoms with Gasteiger partial charge in [-0.15, -0.1) is 0 Å². The van der Waals surface area contributed by atoms with Gasteiger partial charge in [0.2, 0.25) is 5.91 Å². The Morgan fingerprint density at radius 3 is 2.76 bits per heavy atom. The molecule has 1 N–H and O–H groups in total. The molecular formula is C11H11ClN2O3. The number of rotatable bonds is 3. The number of halogens is 1. The van der Waals surface area contributed by atoms with Crippen LogP contribution in [0.4, 0.5) is 11.4 Å². The van der Waals surface area contributed by atoms with Gasteiger partial charge in [-0.25, -0.2) is 0 Å². The molecule has 1 aliphatic rings. The second-order valence-electron chi connectivity index (χ2n) is 4.23. The zero-order valence-electron chi connectivity index (χ0n) is 9.14. The Hall–Kier alpha value is -1.62. The molecule has 90 valence electrons. The molecule has 1 aromatic carbocycles. The number of carbonyl (C=O) groups is 1. The Morgan fingerprint density at radius 1 is 1.59 bits per heavy atom. The number of hydrogen-bond donors (Lipinski definition) is 1. The van der Waals surface area contributed by atoms with Crippen LogP contribution >= 0.6 is 11.6 Å². The predicted octanol–water partition coefficient (Wildman–Crippen LogP) is 2.84. The maximum Gasteiger partial charge on any atom is 0.289 e. The van der Waals surface area contributed by atoms with Gasteiger partial charge >= 0.3 is 0 Å². The van der Waals surface area contributed by atoms with Crippen LogP contribution in [-0.2, 0) is 4.79 Å². The Labute approximate surface area is 103 Å². The Bertz CT molecular complexity index is 490. The summed E-state index contributed by atoms with van der Waals surface area (Å²) in [5, 5.41) is 13.4. The van der Waals surface area contributed by atoms with Gasteiger partial charge in [-0.2, -0.15) is 0 Å². The maximum atomic E-state index is 11.6. The number of nitro groups is 1. The molecule has 6 heteroatoms. The van der Waals surface area contributed by atoms with E-state index in [1.54, 1.807) is 6.07 Å². The minimum atomic E-state index is -0.572. The van der Waals surface area contributed by atoms with Crippen LogP contribution in [0, 0.1) is 22.0 Å². The topological polar surface area (TPSA) is 72.2 Å². The molecule has 0 heterocycles. The third-order valence-corrected chi connectivity index (χ3v) is 3.18. The van der Waals surface area contributed by atoms with E-state index in [0.717, 1.165) is 6.42 Å². The highest BCUT2D eigenvalue weighted by Gasteiger charge is 2.39. The van der Waals surface area contributed by atoms with Gasteiger partial charge in [0.15, 0.2) is 0 Å². The monoisotopic (exact) mass is 254 g/mol. The van der Waals surface area contributed by atoms with Crippen molar-refractivity contribution in [3.05, 3.63) is 33.3 Å². The number of nitro benzene ring substituents is 1. The SMILES string of the molecule is CC1CC1C(=O)Nc1ccc(Cl)c([N+](=O)[O-])c1. The lowest BCUT2D eigenvalue weighted by Crippen LogP contribution is -2.14. The summed E-state index contributed by atoms with van der Waals surface area (Å²) in [6, 6.07) is 4.24. The second kappa shape index (κ2) is 4.33. The van der Waals surface area contributed by atoms with Crippen LogP contribution in [0.5, 0.6) is 0 Å². The van der Waals surface area contributed by atoms with Crippen molar-refractivity contribution in [2.45, 2.75) is 13.3 Å². The van der Waals surface area contributed by atoms with Crippen LogP contribution in [0.3, 0.4) is 0 Å². The molecule has 0 aliphatic heterocycles. The number of nitrogens with zero attached hydrogens (tertiary/aromatic N) is 1. The molecule has 1 aromatic rings. The van der Waals surface area contributed by atoms with Gasteiger partial charge in [-0.05, 0) is 24.5 Å². The van der Waals surface area contributed by atoms with Crippen LogP contribution in [0.2, 0.25) is 5.02 Å². The Balaban J connectivity index is 2.14. The van der Waals surface area contributed by atoms with Crippen LogP contribution in [0.25, 0.3) is 0 Å². The molecule has 1 fully saturated rings. The zero-order valence-corrected chi connectivity index (χ0v) is 9.90. The van der Waals surface area contributed by atoms with Crippen LogP contribution in [0.1, 0.15) is 13.3 Å². The molecule has 1 aliphatic carbocycles. The first-order valence-corrected chi connectivity index (χ1v) is 5.61. The summed E-state index contributed by atoms with van der Waals surface area (Å²) < 4.78 is 0. The normalized spacial score (nSPS) is 22.0. The van der Waals surface area contributed by atoms with Crippen molar-refractivity contribution < 1.29 is 9.72 Å². The molecular weight excluding hydrogens is 244 g/mol. The van der Waals surface area contributed by atoms with Gasteiger partial charge in [0.1, 0.15) is 5.02 Å². The van der Waals surface area contributed by atoms with Crippen molar-refractivity contribution in [1.29, 1.82) is 0 Å². The summed E-state index contributed by atoms with van der Waals surface area (Å²) in [4.78, 5) is 21.7. The van der Waals surface area contributed by atoms with Gasteiger partial charge in [-0.3, -0.25) is 14.9 Å². The minimum Gasteiger partial charge on any atom is -0.326 e. The molecule has 5 nitrogen and oxygen atoms in total. The summed E-state index contributed by atoms with van der Waals surface area (Å²) in [5.74, 6) is 0.344. The fourth-order valence-corrected chi connectivity index (χ4v) is 1.84. The van der Waals surface area contributed by atoms with Crippen molar-refractivity contribution in [2.75, 3.05) is 5.32 Å². The van der Waals surface area contributed by atoms with Crippen molar-refractivity contribution in [3.8, 4) is 0 Å². The third-order valence-electron chi connectivity index (χ3n) is 2.86. The van der Waals surface area contributed by atoms with Gasteiger partial charge in [0, 0.05) is 17.7 Å². The lowest BCUT2D eigenvalue weighted by molar-refractivity contribution is -0.384. The van der Waals surface area contributed by atoms with Crippen molar-refractivity contribution >= 4 is 28.9 Å². The van der Waals surface area contributed by atoms with E-state index in [1.165, 1.54) is 12.1 Å². The molecule has 2 unspecified atom stereocenters. The van der Waals surface area contributed by atoms with E-state index < -0.39 is 4.92 Å². The fourth-order valence-electron chi connectivity index (χ4n) is 1.65. The number of carbonyl (C=O) groups excluding carboxylic acids is 1. The predicted molar refractivity (Wildman–Crippen MR) is 64.0 cm³/mol. The first kappa shape index (κ1) is 11.9. The number of nitrogens with one attached hydrogen (secondary N) is 1. The van der Waals surface area contributed by atoms with E-state index in [1.807, 2.05) is 6.92 Å². The molecule has 2 rings (SSSR count). The standard InChI is InChI=1S/C11H11ClN2O3/c1-6-4-8(6)11(15)13-7-2-3-9(12)10(5-7)14(16)17/h2-3,5-6,8H,4H2,1H3,(H,13,15). The summed E-state index contributed by atoms with van der Waals surface area (Å²) in [6.07, 6.45) is 0.877. The van der Waals surface area contributed by atoms with Gasteiger partial charge in [0.05, 0.1) is 4.92 Å². The highest BCUT2D eigenvalue weighted by atomic mass is 35.5. The first-order valence-electron chi connectivity index (χ1n) is 5.24. The van der Waals surface area contributed by atoms with E-state index in [2.05, 4.69) is 5.32 Å². The van der Waals surface area contributed by atoms with E-state index >= 15 is 0 Å². The molecule has 0 radical (unpaired) electrons. The molecule has 1 amide bonds. The molecule has 0 spiro atoms. The minimum absolute atomic E-state index is 0.0322. The number of anilines is 1. The lowest BCUT2D eigenvalue weighted by atomic mass is 10.2. The maximum absolute atomic E-state index is 11.6. The molecule has 17 heavy (non-hydrogen) atoms. The molecule has 0 aromatic heterocycles. The lowest BCUT2D eigenvalue weighted by Gasteiger charge is -2.04. The number of benzene rings is 1. The Kier molecular flexibility index (Phi) is 3.02. The van der Waals surface area contributed by atoms with Crippen molar-refractivity contribution in [1.82, 2.24) is 0 Å². The molecule has 1 saturated carbocycles. The van der Waals surface area contributed by atoms with Gasteiger partial charge < -0.3 is 5.32 Å². The molecule has 2 atom stereocenters. The second-order valence-corrected chi connectivity index (χ2v) is 4.64. The van der Waals surface area contributed by atoms with E-state index in [4.69, 9.17) is 11.6 Å². The summed E-state index contributed by atoms with van der Waals surface area (Å²) in [5.41, 5.74) is 0.207. The van der Waals surface area contributed by atoms with Crippen molar-refractivity contribution in [3.63, 3.8) is 0 Å². The van der Waals surface area contributed by atoms with Crippen LogP contribution in [-0.4, -0.2) is 10.8 Å². The highest BCUT2D eigenvalue weighted by Crippen LogP contribution is 2.38. The summed E-state index contributed by atoms with van der Waals surface area (Å²) in [6.45, 7) is 1.99. The third kappa shape index (κ3) is 2.55. The quantitative estimate of drug-likeness (QED) is 0.666. The smallest absolute Gasteiger partial charge is 0.289 e. The Morgan fingerprint density at radius 2 is 2.24 bits per heavy atom. The average molecular weight is 255 g/mol. The van der Waals surface area contributed by atoms with Crippen LogP contribution in [0.15, 0.2) is 18.2 Å². The number of hydrogen-bond acceptors (Lipinski definition) is 3. The average Bonchev–Trinajstić information content (AvgIpc) is 2.98. The van der Waals surface area contributed by atoms with Crippen molar-refractivity contribution in [2.24, 2.45) is 11.8 Å². The van der Waals surface area contributed by atoms with E-state index in [-0.39, 0.29) is 22.5 Å². The van der Waals surface area contributed by atoms with E-state index in [0.29, 0.717) is 11.6 Å². The highest BCUT2D eigenvalue weighted by molar-refractivity contribution is 6.32. The largest absolute Gasteiger partial charge is 0.326 e. The molecule has 0 saturated heterocycles. The first-order chi connectivity index (χ1) is 7.99. The van der Waals surface area contributed by atoms with Crippen LogP contribution < -0.4 is 5.32 Å². The zero-order chi connectivity index (χ0) is 12.6. The summed E-state index contributed by atoms with van der Waals surface area (Å²) in [7, 11) is 0. The van der Waals surface area contributed by atoms with E-state index in [9.17, 15) is 14.9 Å². The number of amides is 1.